The van der Waals surface area contributed by atoms with Crippen LogP contribution in [0.2, 0.25) is 0 Å². The fraction of sp³-hybridized carbons (Fsp3) is 0.118. The molecule has 0 spiro atoms. The Morgan fingerprint density at radius 3 is 2.65 bits per heavy atom. The largest absolute Gasteiger partial charge is 0.492 e. The van der Waals surface area contributed by atoms with Crippen molar-refractivity contribution in [3.8, 4) is 17.6 Å². The van der Waals surface area contributed by atoms with Crippen molar-refractivity contribution in [2.45, 2.75) is 6.42 Å². The quantitative estimate of drug-likeness (QED) is 0.587. The summed E-state index contributed by atoms with van der Waals surface area (Å²) >= 11 is 0. The Morgan fingerprint density at radius 2 is 1.85 bits per heavy atom. The van der Waals surface area contributed by atoms with E-state index in [-0.39, 0.29) is 5.78 Å². The maximum absolute atomic E-state index is 11.7. The molecule has 0 aliphatic carbocycles. The molecule has 98 valence electrons. The molecule has 0 fully saturated rings. The number of hydrogen-bond acceptors (Lipinski definition) is 3. The Bertz CT molecular complexity index is 738. The average molecular weight is 263 g/mol. The zero-order valence-electron chi connectivity index (χ0n) is 10.8. The standard InChI is InChI=1S/C17H13NO2/c18-14-3-1-2-12(10-14)4-5-13-6-7-15-16(19)8-9-20-17(15)11-13/h1-3,6-7,10-11H,8-9,18H2. The van der Waals surface area contributed by atoms with E-state index in [9.17, 15) is 4.79 Å². The molecule has 3 rings (SSSR count). The topological polar surface area (TPSA) is 52.3 Å². The number of rotatable bonds is 0. The van der Waals surface area contributed by atoms with E-state index in [4.69, 9.17) is 10.5 Å². The fourth-order valence-corrected chi connectivity index (χ4v) is 2.10. The minimum Gasteiger partial charge on any atom is -0.492 e. The van der Waals surface area contributed by atoms with Crippen LogP contribution >= 0.6 is 0 Å². The van der Waals surface area contributed by atoms with Crippen molar-refractivity contribution in [3.63, 3.8) is 0 Å². The van der Waals surface area contributed by atoms with Gasteiger partial charge in [-0.2, -0.15) is 0 Å². The first kappa shape index (κ1) is 12.3. The van der Waals surface area contributed by atoms with Crippen LogP contribution in [-0.4, -0.2) is 12.4 Å². The van der Waals surface area contributed by atoms with E-state index in [1.807, 2.05) is 36.4 Å². The average Bonchev–Trinajstić information content (AvgIpc) is 2.45. The van der Waals surface area contributed by atoms with Gasteiger partial charge in [-0.15, -0.1) is 0 Å². The molecule has 0 saturated heterocycles. The van der Waals surface area contributed by atoms with Crippen LogP contribution in [0.5, 0.6) is 5.75 Å². The number of ether oxygens (including phenoxy) is 1. The number of ketones is 1. The maximum Gasteiger partial charge on any atom is 0.169 e. The van der Waals surface area contributed by atoms with E-state index in [2.05, 4.69) is 11.8 Å². The normalized spacial score (nSPS) is 12.9. The van der Waals surface area contributed by atoms with E-state index >= 15 is 0 Å². The highest BCUT2D eigenvalue weighted by atomic mass is 16.5. The van der Waals surface area contributed by atoms with Crippen molar-refractivity contribution in [2.24, 2.45) is 0 Å². The van der Waals surface area contributed by atoms with E-state index in [1.54, 1.807) is 6.07 Å². The summed E-state index contributed by atoms with van der Waals surface area (Å²) in [7, 11) is 0. The summed E-state index contributed by atoms with van der Waals surface area (Å²) in [5.41, 5.74) is 8.72. The van der Waals surface area contributed by atoms with E-state index < -0.39 is 0 Å². The maximum atomic E-state index is 11.7. The van der Waals surface area contributed by atoms with Crippen LogP contribution in [0.1, 0.15) is 27.9 Å². The Balaban J connectivity index is 1.91. The number of Topliss-reactive ketones (excluding diaryl/α,β-unsaturated/α-hetero) is 1. The molecule has 3 heteroatoms. The predicted octanol–water partition coefficient (Wildman–Crippen LogP) is 2.63. The summed E-state index contributed by atoms with van der Waals surface area (Å²) < 4.78 is 5.50. The number of carbonyl (C=O) groups is 1. The molecule has 1 aliphatic rings. The summed E-state index contributed by atoms with van der Waals surface area (Å²) in [4.78, 5) is 11.7. The summed E-state index contributed by atoms with van der Waals surface area (Å²) in [6.45, 7) is 0.442. The highest BCUT2D eigenvalue weighted by molar-refractivity contribution is 5.99. The monoisotopic (exact) mass is 263 g/mol. The van der Waals surface area contributed by atoms with Gasteiger partial charge in [0, 0.05) is 23.2 Å². The Kier molecular flexibility index (Phi) is 3.14. The highest BCUT2D eigenvalue weighted by Gasteiger charge is 2.17. The second-order valence-electron chi connectivity index (χ2n) is 4.61. The third-order valence-electron chi connectivity index (χ3n) is 3.11. The second kappa shape index (κ2) is 5.10. The van der Waals surface area contributed by atoms with Gasteiger partial charge in [-0.1, -0.05) is 17.9 Å². The van der Waals surface area contributed by atoms with Crippen molar-refractivity contribution in [3.05, 3.63) is 59.2 Å². The molecule has 0 radical (unpaired) electrons. The zero-order valence-corrected chi connectivity index (χ0v) is 10.8. The van der Waals surface area contributed by atoms with Gasteiger partial charge in [-0.3, -0.25) is 4.79 Å². The van der Waals surface area contributed by atoms with Crippen molar-refractivity contribution < 1.29 is 9.53 Å². The van der Waals surface area contributed by atoms with Crippen LogP contribution in [-0.2, 0) is 0 Å². The number of carbonyl (C=O) groups excluding carboxylic acids is 1. The number of hydrogen-bond donors (Lipinski definition) is 1. The lowest BCUT2D eigenvalue weighted by molar-refractivity contribution is 0.0933. The first-order valence-electron chi connectivity index (χ1n) is 6.40. The minimum absolute atomic E-state index is 0.126. The van der Waals surface area contributed by atoms with Crippen LogP contribution in [0.25, 0.3) is 0 Å². The van der Waals surface area contributed by atoms with Crippen LogP contribution in [0.4, 0.5) is 5.69 Å². The van der Waals surface area contributed by atoms with Crippen LogP contribution < -0.4 is 10.5 Å². The van der Waals surface area contributed by atoms with Gasteiger partial charge in [-0.05, 0) is 36.4 Å². The lowest BCUT2D eigenvalue weighted by Gasteiger charge is -2.15. The smallest absolute Gasteiger partial charge is 0.169 e. The molecule has 3 nitrogen and oxygen atoms in total. The molecule has 2 aromatic rings. The van der Waals surface area contributed by atoms with Gasteiger partial charge in [-0.25, -0.2) is 0 Å². The third kappa shape index (κ3) is 2.50. The number of fused-ring (bicyclic) bond motifs is 1. The second-order valence-corrected chi connectivity index (χ2v) is 4.61. The van der Waals surface area contributed by atoms with Crippen LogP contribution in [0.15, 0.2) is 42.5 Å². The lowest BCUT2D eigenvalue weighted by atomic mass is 10.0. The SMILES string of the molecule is Nc1cccc(C#Cc2ccc3c(c2)OCCC3=O)c1. The predicted molar refractivity (Wildman–Crippen MR) is 77.7 cm³/mol. The van der Waals surface area contributed by atoms with Crippen molar-refractivity contribution in [2.75, 3.05) is 12.3 Å². The number of nitrogens with two attached hydrogens (primary N) is 1. The molecular formula is C17H13NO2. The van der Waals surface area contributed by atoms with Crippen molar-refractivity contribution in [1.29, 1.82) is 0 Å². The Labute approximate surface area is 117 Å². The molecule has 0 aromatic heterocycles. The molecule has 1 aliphatic heterocycles. The van der Waals surface area contributed by atoms with Gasteiger partial charge in [0.25, 0.3) is 0 Å². The first-order chi connectivity index (χ1) is 9.72. The van der Waals surface area contributed by atoms with Crippen molar-refractivity contribution in [1.82, 2.24) is 0 Å². The van der Waals surface area contributed by atoms with Gasteiger partial charge >= 0.3 is 0 Å². The van der Waals surface area contributed by atoms with Crippen molar-refractivity contribution >= 4 is 11.5 Å². The zero-order chi connectivity index (χ0) is 13.9. The lowest BCUT2D eigenvalue weighted by Crippen LogP contribution is -2.15. The molecule has 20 heavy (non-hydrogen) atoms. The van der Waals surface area contributed by atoms with E-state index in [0.717, 1.165) is 11.1 Å². The molecule has 0 unspecified atom stereocenters. The molecule has 0 bridgehead atoms. The molecule has 0 atom stereocenters. The van der Waals surface area contributed by atoms with E-state index in [1.165, 1.54) is 0 Å². The van der Waals surface area contributed by atoms with Gasteiger partial charge in [0.15, 0.2) is 5.78 Å². The minimum atomic E-state index is 0.126. The number of benzene rings is 2. The number of nitrogen functional groups attached to an aromatic ring is 1. The summed E-state index contributed by atoms with van der Waals surface area (Å²) in [6, 6.07) is 12.8. The fourth-order valence-electron chi connectivity index (χ4n) is 2.10. The van der Waals surface area contributed by atoms with E-state index in [0.29, 0.717) is 30.0 Å². The van der Waals surface area contributed by atoms with Gasteiger partial charge in [0.2, 0.25) is 0 Å². The summed E-state index contributed by atoms with van der Waals surface area (Å²) in [5.74, 6) is 6.86. The first-order valence-corrected chi connectivity index (χ1v) is 6.40. The van der Waals surface area contributed by atoms with Crippen LogP contribution in [0.3, 0.4) is 0 Å². The van der Waals surface area contributed by atoms with Crippen LogP contribution in [0, 0.1) is 11.8 Å². The molecule has 0 saturated carbocycles. The molecular weight excluding hydrogens is 250 g/mol. The van der Waals surface area contributed by atoms with Gasteiger partial charge in [0.1, 0.15) is 5.75 Å². The third-order valence-corrected chi connectivity index (χ3v) is 3.11. The number of anilines is 1. The Hall–Kier alpha value is -2.73. The summed E-state index contributed by atoms with van der Waals surface area (Å²) in [5, 5.41) is 0. The molecule has 0 amide bonds. The molecule has 2 aromatic carbocycles. The molecule has 1 heterocycles. The van der Waals surface area contributed by atoms with Gasteiger partial charge < -0.3 is 10.5 Å². The van der Waals surface area contributed by atoms with Gasteiger partial charge in [0.05, 0.1) is 12.2 Å². The Morgan fingerprint density at radius 1 is 1.05 bits per heavy atom. The summed E-state index contributed by atoms with van der Waals surface area (Å²) in [6.07, 6.45) is 0.446. The highest BCUT2D eigenvalue weighted by Crippen LogP contribution is 2.25. The molecule has 2 N–H and O–H groups in total.